The number of rotatable bonds is 4. The molecule has 4 bridgehead atoms. The topological polar surface area (TPSA) is 0 Å². The zero-order valence-electron chi connectivity index (χ0n) is 30.7. The van der Waals surface area contributed by atoms with Crippen LogP contribution < -0.4 is 0 Å². The minimum atomic E-state index is -3.18. The van der Waals surface area contributed by atoms with E-state index >= 15 is 0 Å². The molecule has 0 saturated heterocycles. The molecule has 4 aromatic carbocycles. The first-order chi connectivity index (χ1) is 22.2. The van der Waals surface area contributed by atoms with E-state index in [9.17, 15) is 0 Å². The molecule has 0 spiro atoms. The van der Waals surface area contributed by atoms with Gasteiger partial charge in [-0.25, -0.2) is 0 Å². The monoisotopic (exact) mass is 786 g/mol. The summed E-state index contributed by atoms with van der Waals surface area (Å²) >= 11 is -3.18. The van der Waals surface area contributed by atoms with Gasteiger partial charge in [-0.2, -0.15) is 0 Å². The summed E-state index contributed by atoms with van der Waals surface area (Å²) in [5.74, 6) is 0.349. The van der Waals surface area contributed by atoms with E-state index in [1.165, 1.54) is 33.4 Å². The second kappa shape index (κ2) is 11.4. The molecule has 0 fully saturated rings. The number of fused-ring (bicyclic) bond motifs is 8. The average Bonchev–Trinajstić information content (AvgIpc) is 3.58. The van der Waals surface area contributed by atoms with Crippen LogP contribution in [0.3, 0.4) is 0 Å². The first kappa shape index (κ1) is 32.8. The van der Waals surface area contributed by atoms with Gasteiger partial charge in [-0.3, -0.25) is 0 Å². The van der Waals surface area contributed by atoms with Crippen LogP contribution in [0, 0.1) is 5.92 Å². The summed E-state index contributed by atoms with van der Waals surface area (Å²) in [4.78, 5) is 0. The van der Waals surface area contributed by atoms with Gasteiger partial charge in [0.05, 0.1) is 0 Å². The van der Waals surface area contributed by atoms with E-state index in [1.54, 1.807) is 44.5 Å². The zero-order chi connectivity index (χ0) is 33.6. The van der Waals surface area contributed by atoms with Gasteiger partial charge in [0.1, 0.15) is 0 Å². The Morgan fingerprint density at radius 2 is 0.894 bits per heavy atom. The maximum atomic E-state index is 2.80. The van der Waals surface area contributed by atoms with Crippen molar-refractivity contribution in [3.05, 3.63) is 129 Å². The van der Waals surface area contributed by atoms with Crippen molar-refractivity contribution in [2.24, 2.45) is 5.92 Å². The van der Waals surface area contributed by atoms with Gasteiger partial charge in [-0.1, -0.05) is 0 Å². The summed E-state index contributed by atoms with van der Waals surface area (Å²) in [6, 6.07) is 33.6. The molecule has 0 saturated carbocycles. The van der Waals surface area contributed by atoms with E-state index in [0.717, 1.165) is 12.8 Å². The van der Waals surface area contributed by atoms with E-state index in [2.05, 4.69) is 157 Å². The Hall–Kier alpha value is -2.77. The van der Waals surface area contributed by atoms with Crippen molar-refractivity contribution >= 4 is 11.1 Å². The molecule has 4 aromatic rings. The molecule has 242 valence electrons. The van der Waals surface area contributed by atoms with E-state index in [1.807, 2.05) is 0 Å². The Bertz CT molecular complexity index is 1790. The van der Waals surface area contributed by atoms with Crippen LogP contribution in [0.25, 0.3) is 33.4 Å². The Balaban J connectivity index is 1.47. The van der Waals surface area contributed by atoms with Crippen molar-refractivity contribution in [1.82, 2.24) is 0 Å². The molecule has 0 radical (unpaired) electrons. The van der Waals surface area contributed by atoms with Crippen LogP contribution in [0.2, 0.25) is 9.36 Å². The molecule has 0 amide bonds. The fraction of sp³-hybridized carbons (Fsp3) is 0.391. The number of benzene rings is 4. The van der Waals surface area contributed by atoms with Crippen molar-refractivity contribution in [3.63, 3.8) is 0 Å². The molecule has 1 heteroatoms. The van der Waals surface area contributed by atoms with Crippen molar-refractivity contribution in [2.45, 2.75) is 103 Å². The fourth-order valence-electron chi connectivity index (χ4n) is 9.80. The van der Waals surface area contributed by atoms with Gasteiger partial charge in [0.25, 0.3) is 0 Å². The van der Waals surface area contributed by atoms with Crippen LogP contribution in [0.5, 0.6) is 0 Å². The number of hydrogen-bond donors (Lipinski definition) is 0. The molecule has 1 aliphatic heterocycles. The van der Waals surface area contributed by atoms with E-state index < -0.39 is 20.0 Å². The normalized spacial score (nSPS) is 21.5. The molecular weight excluding hydrogens is 731 g/mol. The van der Waals surface area contributed by atoms with Crippen LogP contribution >= 0.6 is 0 Å². The molecule has 0 nitrogen and oxygen atoms in total. The summed E-state index contributed by atoms with van der Waals surface area (Å²) in [7, 11) is 0. The summed E-state index contributed by atoms with van der Waals surface area (Å²) in [5, 5.41) is 0. The molecule has 1 heterocycles. The molecule has 3 aliphatic rings. The van der Waals surface area contributed by atoms with Crippen LogP contribution in [0.1, 0.15) is 116 Å². The number of allylic oxidation sites excluding steroid dienone is 4. The second-order valence-corrected chi connectivity index (χ2v) is 34.4. The second-order valence-electron chi connectivity index (χ2n) is 17.2. The average molecular weight is 785 g/mol. The van der Waals surface area contributed by atoms with E-state index in [0.29, 0.717) is 13.3 Å². The van der Waals surface area contributed by atoms with Crippen molar-refractivity contribution < 1.29 is 20.0 Å². The minimum absolute atomic E-state index is 0.148. The van der Waals surface area contributed by atoms with Gasteiger partial charge >= 0.3 is 291 Å². The van der Waals surface area contributed by atoms with Gasteiger partial charge in [0.15, 0.2) is 0 Å². The van der Waals surface area contributed by atoms with Gasteiger partial charge in [0.2, 0.25) is 0 Å². The Morgan fingerprint density at radius 1 is 0.532 bits per heavy atom. The first-order valence-corrected chi connectivity index (χ1v) is 29.5. The predicted octanol–water partition coefficient (Wildman–Crippen LogP) is 13.7. The summed E-state index contributed by atoms with van der Waals surface area (Å²) < 4.78 is 6.84. The van der Waals surface area contributed by atoms with Crippen LogP contribution in [-0.2, 0) is 30.8 Å². The maximum absolute atomic E-state index is 3.18. The molecule has 0 N–H and O–H groups in total. The third-order valence-corrected chi connectivity index (χ3v) is 27.4. The fourth-order valence-corrected chi connectivity index (χ4v) is 27.5. The summed E-state index contributed by atoms with van der Waals surface area (Å²) in [6.45, 7) is 21.3. The predicted molar refractivity (Wildman–Crippen MR) is 202 cm³/mol. The number of hydrogen-bond acceptors (Lipinski definition) is 0. The van der Waals surface area contributed by atoms with Gasteiger partial charge in [0, 0.05) is 0 Å². The van der Waals surface area contributed by atoms with Gasteiger partial charge in [-0.15, -0.1) is 0 Å². The Morgan fingerprint density at radius 3 is 1.21 bits per heavy atom. The molecule has 47 heavy (non-hydrogen) atoms. The molecule has 2 atom stereocenters. The van der Waals surface area contributed by atoms with Crippen LogP contribution in [0.4, 0.5) is 0 Å². The molecule has 2 unspecified atom stereocenters. The summed E-state index contributed by atoms with van der Waals surface area (Å²) in [6.07, 6.45) is 2.29. The Labute approximate surface area is 289 Å². The van der Waals surface area contributed by atoms with Gasteiger partial charge < -0.3 is 0 Å². The molecule has 7 rings (SSSR count). The first-order valence-electron chi connectivity index (χ1n) is 18.1. The SMILES string of the molecule is CCC1=C2c3c(-c4ccc(C(C)(C)C)cc4)cccc3[CH]1[Hf]([CH3])([CH3])[CH]1C(CC)=C(c3c(-c4ccc(C(C)(C)C)cc4)cccc31)C2C. The third-order valence-electron chi connectivity index (χ3n) is 12.0. The standard InChI is InChI=1S/C44H48.2CH3.Hf/c1-10-29-26-33-14-12-16-37(31-18-22-35(23-19-31)43(4,5)6)41(33)39(29)28(3)40-30(11-2)27-34-15-13-17-38(42(34)40)32-20-24-36(25-21-32)44(7,8)9;;;/h12-28H,10-11H2,1-9H3;2*1H3;. The van der Waals surface area contributed by atoms with E-state index in [-0.39, 0.29) is 10.8 Å². The third kappa shape index (κ3) is 5.00. The molecule has 0 aromatic heterocycles. The Kier molecular flexibility index (Phi) is 7.95. The van der Waals surface area contributed by atoms with Crippen molar-refractivity contribution in [1.29, 1.82) is 0 Å². The quantitative estimate of drug-likeness (QED) is 0.181. The molecular formula is C46H54Hf. The van der Waals surface area contributed by atoms with E-state index in [4.69, 9.17) is 0 Å². The van der Waals surface area contributed by atoms with Crippen LogP contribution in [0.15, 0.2) is 96.1 Å². The van der Waals surface area contributed by atoms with Crippen LogP contribution in [-0.4, -0.2) is 0 Å². The van der Waals surface area contributed by atoms with Gasteiger partial charge in [-0.05, 0) is 0 Å². The van der Waals surface area contributed by atoms with Crippen molar-refractivity contribution in [3.8, 4) is 22.3 Å². The molecule has 2 aliphatic carbocycles. The summed E-state index contributed by atoms with van der Waals surface area (Å²) in [5.41, 5.74) is 22.0. The van der Waals surface area contributed by atoms with Crippen molar-refractivity contribution in [2.75, 3.05) is 0 Å². The zero-order valence-corrected chi connectivity index (χ0v) is 34.3.